The number of carbonyl (C=O) groups is 2. The summed E-state index contributed by atoms with van der Waals surface area (Å²) in [6.07, 6.45) is 0.866. The third kappa shape index (κ3) is 7.60. The Morgan fingerprint density at radius 3 is 2.24 bits per heavy atom. The summed E-state index contributed by atoms with van der Waals surface area (Å²) in [5.74, 6) is -0.166. The van der Waals surface area contributed by atoms with E-state index in [1.165, 1.54) is 0 Å². The minimum atomic E-state index is -0.554. The van der Waals surface area contributed by atoms with E-state index in [1.54, 1.807) is 20.8 Å². The molecule has 2 N–H and O–H groups in total. The van der Waals surface area contributed by atoms with Gasteiger partial charge >= 0.3 is 6.09 Å². The first-order valence-electron chi connectivity index (χ1n) is 6.07. The molecule has 17 heavy (non-hydrogen) atoms. The molecule has 1 atom stereocenters. The maximum Gasteiger partial charge on any atom is 0.408 e. The highest BCUT2D eigenvalue weighted by molar-refractivity contribution is 5.85. The quantitative estimate of drug-likeness (QED) is 0.775. The minimum Gasteiger partial charge on any atom is -0.444 e. The van der Waals surface area contributed by atoms with E-state index in [-0.39, 0.29) is 5.91 Å². The Hall–Kier alpha value is -1.26. The van der Waals surface area contributed by atoms with Gasteiger partial charge in [0.25, 0.3) is 0 Å². The van der Waals surface area contributed by atoms with Crippen molar-refractivity contribution in [1.82, 2.24) is 10.6 Å². The van der Waals surface area contributed by atoms with Crippen LogP contribution < -0.4 is 10.6 Å². The van der Waals surface area contributed by atoms with E-state index in [0.717, 1.165) is 6.42 Å². The van der Waals surface area contributed by atoms with Crippen molar-refractivity contribution in [1.29, 1.82) is 0 Å². The van der Waals surface area contributed by atoms with Crippen LogP contribution in [0.4, 0.5) is 4.79 Å². The number of hydrogen-bond acceptors (Lipinski definition) is 3. The first kappa shape index (κ1) is 15.7. The molecule has 0 aliphatic carbocycles. The molecule has 0 bridgehead atoms. The van der Waals surface area contributed by atoms with Gasteiger partial charge in [0.05, 0.1) is 0 Å². The fourth-order valence-corrected chi connectivity index (χ4v) is 1.30. The fourth-order valence-electron chi connectivity index (χ4n) is 1.30. The lowest BCUT2D eigenvalue weighted by atomic mass is 10.1. The molecule has 5 nitrogen and oxygen atoms in total. The number of alkyl carbamates (subject to hydrolysis) is 1. The van der Waals surface area contributed by atoms with Gasteiger partial charge in [-0.2, -0.15) is 0 Å². The number of carbonyl (C=O) groups excluding carboxylic acids is 2. The van der Waals surface area contributed by atoms with Gasteiger partial charge in [0, 0.05) is 6.54 Å². The molecular formula is C12H24N2O3. The van der Waals surface area contributed by atoms with Crippen LogP contribution in [0.5, 0.6) is 0 Å². The highest BCUT2D eigenvalue weighted by Gasteiger charge is 2.23. The Labute approximate surface area is 103 Å². The molecule has 0 heterocycles. The molecule has 0 fully saturated rings. The molecule has 0 aromatic carbocycles. The molecule has 0 saturated carbocycles. The predicted octanol–water partition coefficient (Wildman–Crippen LogP) is 1.82. The van der Waals surface area contributed by atoms with Gasteiger partial charge in [-0.15, -0.1) is 0 Å². The molecule has 0 saturated heterocycles. The third-order valence-corrected chi connectivity index (χ3v) is 1.94. The van der Waals surface area contributed by atoms with Crippen LogP contribution in [0.25, 0.3) is 0 Å². The normalized spacial score (nSPS) is 12.8. The van der Waals surface area contributed by atoms with Gasteiger partial charge in [0.1, 0.15) is 11.6 Å². The number of likely N-dealkylation sites (N-methyl/N-ethyl adjacent to an activating group) is 1. The van der Waals surface area contributed by atoms with Crippen molar-refractivity contribution < 1.29 is 14.3 Å². The van der Waals surface area contributed by atoms with E-state index in [2.05, 4.69) is 10.6 Å². The summed E-state index contributed by atoms with van der Waals surface area (Å²) in [4.78, 5) is 23.2. The van der Waals surface area contributed by atoms with Crippen LogP contribution in [0.3, 0.4) is 0 Å². The molecule has 0 aliphatic heterocycles. The second-order valence-electron chi connectivity index (χ2n) is 4.88. The van der Waals surface area contributed by atoms with Crippen molar-refractivity contribution >= 4 is 12.0 Å². The molecule has 2 amide bonds. The van der Waals surface area contributed by atoms with Crippen LogP contribution in [0.15, 0.2) is 0 Å². The Kier molecular flexibility index (Phi) is 6.61. The first-order valence-corrected chi connectivity index (χ1v) is 6.07. The zero-order chi connectivity index (χ0) is 13.5. The largest absolute Gasteiger partial charge is 0.444 e. The van der Waals surface area contributed by atoms with Crippen molar-refractivity contribution in [3.05, 3.63) is 0 Å². The second-order valence-corrected chi connectivity index (χ2v) is 4.88. The van der Waals surface area contributed by atoms with E-state index in [4.69, 9.17) is 4.74 Å². The first-order chi connectivity index (χ1) is 7.80. The third-order valence-electron chi connectivity index (χ3n) is 1.94. The molecule has 0 radical (unpaired) electrons. The van der Waals surface area contributed by atoms with Crippen LogP contribution in [0.1, 0.15) is 47.5 Å². The number of amides is 2. The lowest BCUT2D eigenvalue weighted by Crippen LogP contribution is -2.48. The Balaban J connectivity index is 4.34. The van der Waals surface area contributed by atoms with Gasteiger partial charge in [-0.1, -0.05) is 13.3 Å². The Bertz CT molecular complexity index is 259. The summed E-state index contributed by atoms with van der Waals surface area (Å²) >= 11 is 0. The maximum absolute atomic E-state index is 11.7. The van der Waals surface area contributed by atoms with E-state index in [9.17, 15) is 9.59 Å². The summed E-state index contributed by atoms with van der Waals surface area (Å²) in [6, 6.07) is -0.519. The average Bonchev–Trinajstić information content (AvgIpc) is 2.14. The van der Waals surface area contributed by atoms with Gasteiger partial charge in [-0.25, -0.2) is 4.79 Å². The molecule has 1 unspecified atom stereocenters. The van der Waals surface area contributed by atoms with Gasteiger partial charge in [0.2, 0.25) is 5.91 Å². The summed E-state index contributed by atoms with van der Waals surface area (Å²) in [5, 5.41) is 5.28. The number of rotatable bonds is 5. The van der Waals surface area contributed by atoms with E-state index in [1.807, 2.05) is 13.8 Å². The topological polar surface area (TPSA) is 67.4 Å². The number of nitrogens with one attached hydrogen (secondary N) is 2. The summed E-state index contributed by atoms with van der Waals surface area (Å²) in [7, 11) is 0. The SMILES string of the molecule is CCCC(NC(=O)OC(C)(C)C)C(=O)NCC. The van der Waals surface area contributed by atoms with Gasteiger partial charge in [-0.3, -0.25) is 4.79 Å². The number of ether oxygens (including phenoxy) is 1. The van der Waals surface area contributed by atoms with Crippen LogP contribution >= 0.6 is 0 Å². The summed E-state index contributed by atoms with van der Waals surface area (Å²) in [6.45, 7) is 9.71. The molecule has 0 aromatic heterocycles. The molecular weight excluding hydrogens is 220 g/mol. The van der Waals surface area contributed by atoms with E-state index in [0.29, 0.717) is 13.0 Å². The molecule has 5 heteroatoms. The molecule has 0 aliphatic rings. The van der Waals surface area contributed by atoms with Gasteiger partial charge < -0.3 is 15.4 Å². The van der Waals surface area contributed by atoms with Gasteiger partial charge in [0.15, 0.2) is 0 Å². The van der Waals surface area contributed by atoms with Crippen LogP contribution in [-0.2, 0) is 9.53 Å². The maximum atomic E-state index is 11.7. The monoisotopic (exact) mass is 244 g/mol. The highest BCUT2D eigenvalue weighted by Crippen LogP contribution is 2.07. The van der Waals surface area contributed by atoms with Crippen molar-refractivity contribution in [3.8, 4) is 0 Å². The highest BCUT2D eigenvalue weighted by atomic mass is 16.6. The van der Waals surface area contributed by atoms with Crippen molar-refractivity contribution in [3.63, 3.8) is 0 Å². The molecule has 100 valence electrons. The van der Waals surface area contributed by atoms with Crippen LogP contribution in [0, 0.1) is 0 Å². The zero-order valence-corrected chi connectivity index (χ0v) is 11.4. The van der Waals surface area contributed by atoms with E-state index < -0.39 is 17.7 Å². The van der Waals surface area contributed by atoms with Gasteiger partial charge in [-0.05, 0) is 34.1 Å². The second kappa shape index (κ2) is 7.14. The Morgan fingerprint density at radius 2 is 1.82 bits per heavy atom. The van der Waals surface area contributed by atoms with Crippen molar-refractivity contribution in [2.45, 2.75) is 59.1 Å². The lowest BCUT2D eigenvalue weighted by Gasteiger charge is -2.23. The number of hydrogen-bond donors (Lipinski definition) is 2. The van der Waals surface area contributed by atoms with Crippen LogP contribution in [-0.4, -0.2) is 30.2 Å². The van der Waals surface area contributed by atoms with Crippen molar-refractivity contribution in [2.24, 2.45) is 0 Å². The molecule has 0 aromatic rings. The Morgan fingerprint density at radius 1 is 1.24 bits per heavy atom. The average molecular weight is 244 g/mol. The molecule has 0 spiro atoms. The van der Waals surface area contributed by atoms with Crippen LogP contribution in [0.2, 0.25) is 0 Å². The zero-order valence-electron chi connectivity index (χ0n) is 11.4. The smallest absolute Gasteiger partial charge is 0.408 e. The summed E-state index contributed by atoms with van der Waals surface area (Å²) < 4.78 is 5.11. The minimum absolute atomic E-state index is 0.166. The standard InChI is InChI=1S/C12H24N2O3/c1-6-8-9(10(15)13-7-2)14-11(16)17-12(3,4)5/h9H,6-8H2,1-5H3,(H,13,15)(H,14,16). The lowest BCUT2D eigenvalue weighted by molar-refractivity contribution is -0.123. The fraction of sp³-hybridized carbons (Fsp3) is 0.833. The predicted molar refractivity (Wildman–Crippen MR) is 66.7 cm³/mol. The summed E-state index contributed by atoms with van der Waals surface area (Å²) in [5.41, 5.74) is -0.553. The van der Waals surface area contributed by atoms with Crippen molar-refractivity contribution in [2.75, 3.05) is 6.54 Å². The van der Waals surface area contributed by atoms with E-state index >= 15 is 0 Å². The molecule has 0 rings (SSSR count).